The van der Waals surface area contributed by atoms with Crippen molar-refractivity contribution in [3.63, 3.8) is 0 Å². The number of benzene rings is 4. The van der Waals surface area contributed by atoms with Gasteiger partial charge in [0, 0.05) is 17.7 Å². The molecule has 0 aromatic heterocycles. The number of hydrogen-bond acceptors (Lipinski definition) is 11. The molecule has 2 saturated heterocycles. The summed E-state index contributed by atoms with van der Waals surface area (Å²) in [4.78, 5) is 70.0. The van der Waals surface area contributed by atoms with Crippen LogP contribution in [0, 0.1) is 23.7 Å². The summed E-state index contributed by atoms with van der Waals surface area (Å²) >= 11 is 0. The van der Waals surface area contributed by atoms with E-state index in [1.807, 2.05) is 65.6 Å². The normalized spacial score (nSPS) is 23.6. The molecule has 13 heteroatoms. The Labute approximate surface area is 322 Å². The number of cyclic esters (lactones) is 1. The number of primary amides is 1. The Morgan fingerprint density at radius 3 is 2.12 bits per heavy atom. The van der Waals surface area contributed by atoms with Crippen molar-refractivity contribution in [2.45, 2.75) is 36.1 Å². The topological polar surface area (TPSA) is 184 Å². The third kappa shape index (κ3) is 6.42. The molecule has 4 aromatic carbocycles. The van der Waals surface area contributed by atoms with Gasteiger partial charge in [-0.2, -0.15) is 0 Å². The summed E-state index contributed by atoms with van der Waals surface area (Å²) in [6.45, 7) is -0.135. The molecule has 6 atom stereocenters. The van der Waals surface area contributed by atoms with Crippen LogP contribution in [-0.4, -0.2) is 73.2 Å². The fraction of sp³-hybridized carbons (Fsp3) is 0.279. The zero-order chi connectivity index (χ0) is 39.6. The lowest BCUT2D eigenvalue weighted by Gasteiger charge is -2.46. The predicted molar refractivity (Wildman–Crippen MR) is 200 cm³/mol. The van der Waals surface area contributed by atoms with Crippen molar-refractivity contribution in [2.24, 2.45) is 17.6 Å². The van der Waals surface area contributed by atoms with Crippen LogP contribution in [0.3, 0.4) is 0 Å². The van der Waals surface area contributed by atoms with Crippen molar-refractivity contribution < 1.29 is 48.0 Å². The number of carbonyl (C=O) groups excluding carboxylic acids is 5. The van der Waals surface area contributed by atoms with Gasteiger partial charge in [-0.3, -0.25) is 28.9 Å². The third-order valence-corrected chi connectivity index (χ3v) is 10.7. The fourth-order valence-electron chi connectivity index (χ4n) is 8.41. The van der Waals surface area contributed by atoms with Gasteiger partial charge in [-0.25, -0.2) is 0 Å². The first kappa shape index (κ1) is 37.8. The van der Waals surface area contributed by atoms with Gasteiger partial charge in [0.2, 0.25) is 11.8 Å². The molecule has 3 heterocycles. The number of esters is 3. The van der Waals surface area contributed by atoms with E-state index in [1.165, 1.54) is 0 Å². The highest BCUT2D eigenvalue weighted by atomic mass is 16.6. The zero-order valence-corrected chi connectivity index (χ0v) is 30.5. The first-order chi connectivity index (χ1) is 27.1. The first-order valence-electron chi connectivity index (χ1n) is 18.0. The summed E-state index contributed by atoms with van der Waals surface area (Å²) in [5, 5.41) is 12.3. The van der Waals surface area contributed by atoms with Crippen LogP contribution >= 0.6 is 0 Å². The molecule has 0 saturated carbocycles. The number of hydrogen-bond donors (Lipinski definition) is 3. The maximum absolute atomic E-state index is 14.9. The van der Waals surface area contributed by atoms with Crippen LogP contribution in [0.2, 0.25) is 0 Å². The summed E-state index contributed by atoms with van der Waals surface area (Å²) in [7, 11) is 2.32. The highest BCUT2D eigenvalue weighted by Gasteiger charge is 2.73. The second-order valence-electron chi connectivity index (χ2n) is 13.6. The number of anilines is 1. The number of aliphatic hydroxyl groups excluding tert-OH is 1. The average Bonchev–Trinajstić information content (AvgIpc) is 3.70. The summed E-state index contributed by atoms with van der Waals surface area (Å²) in [5.74, 6) is -0.155. The van der Waals surface area contributed by atoms with E-state index in [9.17, 15) is 29.1 Å². The van der Waals surface area contributed by atoms with Gasteiger partial charge in [-0.05, 0) is 52.6 Å². The number of nitrogens with one attached hydrogen (secondary N) is 1. The molecule has 2 amide bonds. The molecular formula is C43H39N3O10. The average molecular weight is 758 g/mol. The molecule has 0 bridgehead atoms. The number of nitrogens with two attached hydrogens (primary N) is 1. The molecule has 56 heavy (non-hydrogen) atoms. The maximum Gasteiger partial charge on any atom is 0.324 e. The molecule has 3 aliphatic rings. The molecule has 286 valence electrons. The molecule has 1 spiro atoms. The van der Waals surface area contributed by atoms with Crippen LogP contribution in [0.25, 0.3) is 0 Å². The first-order valence-corrected chi connectivity index (χ1v) is 18.0. The van der Waals surface area contributed by atoms with E-state index in [4.69, 9.17) is 24.7 Å². The van der Waals surface area contributed by atoms with Crippen molar-refractivity contribution in [3.8, 4) is 17.6 Å². The number of methoxy groups -OCH3 is 2. The second kappa shape index (κ2) is 15.7. The number of aliphatic hydroxyl groups is 1. The van der Waals surface area contributed by atoms with E-state index in [-0.39, 0.29) is 19.6 Å². The van der Waals surface area contributed by atoms with Crippen molar-refractivity contribution >= 4 is 35.4 Å². The second-order valence-corrected chi connectivity index (χ2v) is 13.6. The van der Waals surface area contributed by atoms with Crippen molar-refractivity contribution in [2.75, 3.05) is 32.8 Å². The van der Waals surface area contributed by atoms with Gasteiger partial charge < -0.3 is 35.1 Å². The Morgan fingerprint density at radius 2 is 1.52 bits per heavy atom. The minimum atomic E-state index is -1.80. The Bertz CT molecular complexity index is 2200. The van der Waals surface area contributed by atoms with Crippen LogP contribution in [0.1, 0.15) is 52.4 Å². The van der Waals surface area contributed by atoms with Crippen LogP contribution in [-0.2, 0) is 43.6 Å². The predicted octanol–water partition coefficient (Wildman–Crippen LogP) is 3.52. The van der Waals surface area contributed by atoms with E-state index in [1.54, 1.807) is 42.5 Å². The van der Waals surface area contributed by atoms with Crippen molar-refractivity contribution in [1.29, 1.82) is 0 Å². The van der Waals surface area contributed by atoms with Crippen LogP contribution in [0.4, 0.5) is 5.69 Å². The maximum atomic E-state index is 14.9. The smallest absolute Gasteiger partial charge is 0.324 e. The fourth-order valence-corrected chi connectivity index (χ4v) is 8.41. The van der Waals surface area contributed by atoms with Crippen LogP contribution in [0.5, 0.6) is 5.75 Å². The van der Waals surface area contributed by atoms with Gasteiger partial charge in [0.1, 0.15) is 29.9 Å². The highest BCUT2D eigenvalue weighted by molar-refractivity contribution is 6.12. The minimum absolute atomic E-state index is 0.0605. The lowest BCUT2D eigenvalue weighted by Crippen LogP contribution is -2.53. The lowest BCUT2D eigenvalue weighted by molar-refractivity contribution is -0.178. The van der Waals surface area contributed by atoms with E-state index >= 15 is 0 Å². The monoisotopic (exact) mass is 757 g/mol. The largest absolute Gasteiger partial charge is 0.491 e. The molecule has 0 radical (unpaired) electrons. The number of rotatable bonds is 10. The number of amides is 2. The van der Waals surface area contributed by atoms with Gasteiger partial charge in [0.05, 0.1) is 38.8 Å². The number of carbonyl (C=O) groups is 5. The van der Waals surface area contributed by atoms with Crippen molar-refractivity contribution in [3.05, 3.63) is 131 Å². The molecule has 0 aliphatic carbocycles. The molecular weight excluding hydrogens is 718 g/mol. The van der Waals surface area contributed by atoms with Crippen molar-refractivity contribution in [1.82, 2.24) is 4.90 Å². The summed E-state index contributed by atoms with van der Waals surface area (Å²) < 4.78 is 21.5. The van der Waals surface area contributed by atoms with Gasteiger partial charge >= 0.3 is 17.9 Å². The zero-order valence-electron chi connectivity index (χ0n) is 30.5. The Hall–Kier alpha value is -6.49. The molecule has 13 nitrogen and oxygen atoms in total. The summed E-state index contributed by atoms with van der Waals surface area (Å²) in [6, 6.07) is 27.6. The number of morpholine rings is 1. The summed E-state index contributed by atoms with van der Waals surface area (Å²) in [5.41, 5.74) is 7.76. The van der Waals surface area contributed by atoms with Gasteiger partial charge in [-0.1, -0.05) is 84.6 Å². The molecule has 3 aliphatic heterocycles. The Balaban J connectivity index is 1.45. The van der Waals surface area contributed by atoms with Gasteiger partial charge in [0.25, 0.3) is 0 Å². The number of nitrogens with zero attached hydrogens (tertiary/aromatic N) is 1. The van der Waals surface area contributed by atoms with Crippen LogP contribution < -0.4 is 15.8 Å². The highest BCUT2D eigenvalue weighted by Crippen LogP contribution is 2.64. The quantitative estimate of drug-likeness (QED) is 0.0932. The number of fused-ring (bicyclic) bond motifs is 3. The van der Waals surface area contributed by atoms with E-state index in [0.717, 1.165) is 19.8 Å². The van der Waals surface area contributed by atoms with Crippen LogP contribution in [0.15, 0.2) is 103 Å². The van der Waals surface area contributed by atoms with E-state index in [2.05, 4.69) is 17.2 Å². The molecule has 0 unspecified atom stereocenters. The summed E-state index contributed by atoms with van der Waals surface area (Å²) in [6.07, 6.45) is -1.06. The lowest BCUT2D eigenvalue weighted by atomic mass is 9.65. The molecule has 2 fully saturated rings. The van der Waals surface area contributed by atoms with E-state index < -0.39 is 71.2 Å². The standard InChI is InChI=1S/C43H39N3O10/c1-53-39(49)30(40(50)54-2)15-9-10-25-16-21-32-31(24-25)43(42(52)45-32)33(38(44)48)35-41(51)56-36(27-13-7-4-8-14-27)34(26-11-5-3-6-12-26)46(35)37(43)28-17-19-29(20-18-28)55-23-22-47/h3-8,11-14,16-21,24,30,33-37,47H,15,22-23H2,1-2H3,(H2,44,48)(H,45,52)/t33-,34-,35-,36+,37+,43-/m1/s1. The third-order valence-electron chi connectivity index (χ3n) is 10.7. The SMILES string of the molecule is COC(=O)C(CC#Cc1ccc2c(c1)[C@]1(C(=O)N2)[C@H](c2ccc(OCCO)cc2)N2[C@H](c3ccccc3)[C@H](c3ccccc3)OC(=O)[C@H]2[C@@H]1C(N)=O)C(=O)OC. The number of ether oxygens (including phenoxy) is 4. The molecule has 4 N–H and O–H groups in total. The Kier molecular flexibility index (Phi) is 10.6. The van der Waals surface area contributed by atoms with Gasteiger partial charge in [0.15, 0.2) is 5.92 Å². The molecule has 7 rings (SSSR count). The molecule has 4 aromatic rings. The van der Waals surface area contributed by atoms with E-state index in [0.29, 0.717) is 33.7 Å². The minimum Gasteiger partial charge on any atom is -0.491 e. The van der Waals surface area contributed by atoms with Gasteiger partial charge in [-0.15, -0.1) is 0 Å². The Morgan fingerprint density at radius 1 is 0.875 bits per heavy atom.